The molecule has 0 unspecified atom stereocenters. The Morgan fingerprint density at radius 3 is 2.93 bits per heavy atom. The molecule has 1 aliphatic rings. The number of carbonyl (C=O) groups excluding carboxylic acids is 1. The van der Waals surface area contributed by atoms with E-state index in [9.17, 15) is 9.59 Å². The molecule has 1 fully saturated rings. The number of nitrogens with zero attached hydrogens (tertiary/aromatic N) is 3. The van der Waals surface area contributed by atoms with E-state index in [1.165, 1.54) is 52.1 Å². The van der Waals surface area contributed by atoms with Gasteiger partial charge in [-0.15, -0.1) is 23.1 Å². The molecule has 1 saturated heterocycles. The molecule has 1 N–H and O–H groups in total. The Kier molecular flexibility index (Phi) is 5.97. The Bertz CT molecular complexity index is 1020. The van der Waals surface area contributed by atoms with E-state index in [0.717, 1.165) is 18.7 Å². The van der Waals surface area contributed by atoms with Gasteiger partial charge < -0.3 is 10.2 Å². The van der Waals surface area contributed by atoms with E-state index in [1.54, 1.807) is 6.20 Å². The van der Waals surface area contributed by atoms with E-state index in [0.29, 0.717) is 28.7 Å². The molecule has 0 atom stereocenters. The number of thiazole rings is 1. The second-order valence-corrected chi connectivity index (χ2v) is 8.59. The van der Waals surface area contributed by atoms with Crippen LogP contribution in [0.25, 0.3) is 4.96 Å². The maximum absolute atomic E-state index is 12.2. The molecule has 0 bridgehead atoms. The van der Waals surface area contributed by atoms with Gasteiger partial charge in [-0.2, -0.15) is 0 Å². The number of nitrogens with one attached hydrogen (secondary N) is 1. The Labute approximate surface area is 171 Å². The average molecular weight is 415 g/mol. The lowest BCUT2D eigenvalue weighted by molar-refractivity contribution is -0.118. The third-order valence-electron chi connectivity index (χ3n) is 4.75. The number of thioether (sulfide) groups is 1. The summed E-state index contributed by atoms with van der Waals surface area (Å²) in [7, 11) is 0. The maximum Gasteiger partial charge on any atom is 0.258 e. The van der Waals surface area contributed by atoms with Gasteiger partial charge in [-0.3, -0.25) is 14.0 Å². The zero-order chi connectivity index (χ0) is 19.3. The minimum Gasteiger partial charge on any atom is -0.371 e. The summed E-state index contributed by atoms with van der Waals surface area (Å²) in [6.07, 6.45) is 4.18. The topological polar surface area (TPSA) is 66.7 Å². The van der Waals surface area contributed by atoms with Crippen LogP contribution < -0.4 is 15.8 Å². The number of benzene rings is 1. The quantitative estimate of drug-likeness (QED) is 0.644. The van der Waals surface area contributed by atoms with E-state index >= 15 is 0 Å². The van der Waals surface area contributed by atoms with Crippen LogP contribution >= 0.6 is 23.1 Å². The van der Waals surface area contributed by atoms with Crippen molar-refractivity contribution >= 4 is 39.7 Å². The molecule has 3 aromatic rings. The summed E-state index contributed by atoms with van der Waals surface area (Å²) in [5, 5.41) is 4.86. The number of hydrogen-bond acceptors (Lipinski definition) is 6. The van der Waals surface area contributed by atoms with Crippen molar-refractivity contribution < 1.29 is 4.79 Å². The van der Waals surface area contributed by atoms with Crippen molar-refractivity contribution in [3.05, 3.63) is 63.5 Å². The van der Waals surface area contributed by atoms with Gasteiger partial charge in [0.25, 0.3) is 5.56 Å². The molecule has 2 aromatic heterocycles. The van der Waals surface area contributed by atoms with Crippen LogP contribution in [0.3, 0.4) is 0 Å². The second-order valence-electron chi connectivity index (χ2n) is 6.73. The predicted molar refractivity (Wildman–Crippen MR) is 115 cm³/mol. The normalized spacial score (nSPS) is 13.9. The number of hydrogen-bond donors (Lipinski definition) is 1. The van der Waals surface area contributed by atoms with Crippen molar-refractivity contribution in [2.75, 3.05) is 23.7 Å². The summed E-state index contributed by atoms with van der Waals surface area (Å²) in [6.45, 7) is 2.71. The summed E-state index contributed by atoms with van der Waals surface area (Å²) < 4.78 is 1.53. The molecule has 8 heteroatoms. The zero-order valence-electron chi connectivity index (χ0n) is 15.5. The first kappa shape index (κ1) is 19.0. The lowest BCUT2D eigenvalue weighted by atomic mass is 10.1. The molecule has 1 aliphatic heterocycles. The fourth-order valence-electron chi connectivity index (χ4n) is 3.38. The van der Waals surface area contributed by atoms with Gasteiger partial charge in [-0.05, 0) is 24.5 Å². The van der Waals surface area contributed by atoms with Crippen LogP contribution in [0, 0.1) is 0 Å². The van der Waals surface area contributed by atoms with Gasteiger partial charge in [-0.1, -0.05) is 18.2 Å². The standard InChI is InChI=1S/C20H22N4O2S2/c25-18(14-27-13-16-11-19(26)24-9-10-28-20(24)22-16)21-12-15-5-1-2-6-17(15)23-7-3-4-8-23/h1-2,5-6,9-11H,3-4,7-8,12-14H2,(H,21,25). The summed E-state index contributed by atoms with van der Waals surface area (Å²) in [5.74, 6) is 0.883. The van der Waals surface area contributed by atoms with E-state index in [4.69, 9.17) is 0 Å². The fraction of sp³-hybridized carbons (Fsp3) is 0.350. The summed E-state index contributed by atoms with van der Waals surface area (Å²) in [4.78, 5) is 31.8. The number of rotatable bonds is 7. The smallest absolute Gasteiger partial charge is 0.258 e. The molecule has 0 aliphatic carbocycles. The fourth-order valence-corrected chi connectivity index (χ4v) is 4.87. The number of anilines is 1. The van der Waals surface area contributed by atoms with Crippen LogP contribution in [0.15, 0.2) is 46.7 Å². The van der Waals surface area contributed by atoms with Crippen molar-refractivity contribution in [1.82, 2.24) is 14.7 Å². The zero-order valence-corrected chi connectivity index (χ0v) is 17.1. The minimum atomic E-state index is -0.0789. The monoisotopic (exact) mass is 414 g/mol. The van der Waals surface area contributed by atoms with Gasteiger partial charge in [0.15, 0.2) is 4.96 Å². The third-order valence-corrected chi connectivity index (χ3v) is 6.48. The van der Waals surface area contributed by atoms with Gasteiger partial charge in [0.05, 0.1) is 11.4 Å². The second kappa shape index (κ2) is 8.79. The first-order valence-electron chi connectivity index (χ1n) is 9.34. The van der Waals surface area contributed by atoms with Crippen molar-refractivity contribution in [1.29, 1.82) is 0 Å². The molecule has 1 aromatic carbocycles. The van der Waals surface area contributed by atoms with Crippen molar-refractivity contribution in [3.8, 4) is 0 Å². The molecule has 0 radical (unpaired) electrons. The van der Waals surface area contributed by atoms with E-state index < -0.39 is 0 Å². The SMILES string of the molecule is O=C(CSCc1cc(=O)n2ccsc2n1)NCc1ccccc1N1CCCC1. The number of aromatic nitrogens is 2. The molecular weight excluding hydrogens is 392 g/mol. The molecule has 146 valence electrons. The first-order chi connectivity index (χ1) is 13.7. The lowest BCUT2D eigenvalue weighted by Crippen LogP contribution is -2.27. The highest BCUT2D eigenvalue weighted by Gasteiger charge is 2.15. The van der Waals surface area contributed by atoms with Gasteiger partial charge in [0.1, 0.15) is 0 Å². The van der Waals surface area contributed by atoms with Crippen LogP contribution in [-0.2, 0) is 17.1 Å². The largest absolute Gasteiger partial charge is 0.371 e. The van der Waals surface area contributed by atoms with Crippen LogP contribution in [-0.4, -0.2) is 34.1 Å². The molecule has 0 spiro atoms. The summed E-state index contributed by atoms with van der Waals surface area (Å²) in [5.41, 5.74) is 3.01. The van der Waals surface area contributed by atoms with Gasteiger partial charge >= 0.3 is 0 Å². The number of amides is 1. The highest BCUT2D eigenvalue weighted by atomic mass is 32.2. The highest BCUT2D eigenvalue weighted by Crippen LogP contribution is 2.24. The molecular formula is C20H22N4O2S2. The molecule has 1 amide bonds. The minimum absolute atomic E-state index is 0.00449. The Morgan fingerprint density at radius 1 is 1.25 bits per heavy atom. The molecule has 3 heterocycles. The number of para-hydroxylation sites is 1. The third kappa shape index (κ3) is 4.39. The molecule has 6 nitrogen and oxygen atoms in total. The van der Waals surface area contributed by atoms with E-state index in [-0.39, 0.29) is 11.5 Å². The average Bonchev–Trinajstić information content (AvgIpc) is 3.39. The van der Waals surface area contributed by atoms with E-state index in [1.807, 2.05) is 11.4 Å². The van der Waals surface area contributed by atoms with E-state index in [2.05, 4.69) is 33.4 Å². The van der Waals surface area contributed by atoms with Gasteiger partial charge in [0, 0.05) is 48.7 Å². The Morgan fingerprint density at radius 2 is 2.07 bits per heavy atom. The lowest BCUT2D eigenvalue weighted by Gasteiger charge is -2.21. The Hall–Kier alpha value is -2.32. The van der Waals surface area contributed by atoms with Gasteiger partial charge in [-0.25, -0.2) is 4.98 Å². The number of fused-ring (bicyclic) bond motifs is 1. The van der Waals surface area contributed by atoms with Crippen LogP contribution in [0.4, 0.5) is 5.69 Å². The summed E-state index contributed by atoms with van der Waals surface area (Å²) in [6, 6.07) is 9.81. The van der Waals surface area contributed by atoms with Crippen LogP contribution in [0.5, 0.6) is 0 Å². The predicted octanol–water partition coefficient (Wildman–Crippen LogP) is 2.91. The number of carbonyl (C=O) groups is 1. The van der Waals surface area contributed by atoms with Crippen LogP contribution in [0.2, 0.25) is 0 Å². The van der Waals surface area contributed by atoms with Crippen molar-refractivity contribution in [3.63, 3.8) is 0 Å². The van der Waals surface area contributed by atoms with Gasteiger partial charge in [0.2, 0.25) is 5.91 Å². The first-order valence-corrected chi connectivity index (χ1v) is 11.4. The summed E-state index contributed by atoms with van der Waals surface area (Å²) >= 11 is 2.90. The maximum atomic E-state index is 12.2. The Balaban J connectivity index is 1.28. The molecule has 0 saturated carbocycles. The molecule has 4 rings (SSSR count). The van der Waals surface area contributed by atoms with Crippen LogP contribution in [0.1, 0.15) is 24.1 Å². The van der Waals surface area contributed by atoms with Crippen molar-refractivity contribution in [2.24, 2.45) is 0 Å². The highest BCUT2D eigenvalue weighted by molar-refractivity contribution is 7.99. The van der Waals surface area contributed by atoms with Crippen molar-refractivity contribution in [2.45, 2.75) is 25.1 Å². The molecule has 28 heavy (non-hydrogen) atoms.